The minimum absolute atomic E-state index is 0.0167. The monoisotopic (exact) mass is 633 g/mol. The van der Waals surface area contributed by atoms with Crippen molar-refractivity contribution in [2.75, 3.05) is 55.1 Å². The maximum atomic E-state index is 14.9. The Hall–Kier alpha value is -4.09. The van der Waals surface area contributed by atoms with Gasteiger partial charge in [0, 0.05) is 11.8 Å². The first-order valence-corrected chi connectivity index (χ1v) is 13.0. The number of aliphatic hydroxyl groups excluding tert-OH is 1. The summed E-state index contributed by atoms with van der Waals surface area (Å²) in [6.07, 6.45) is 5.42. The first kappa shape index (κ1) is 31.4. The molecule has 0 radical (unpaired) electrons. The zero-order valence-electron chi connectivity index (χ0n) is 23.8. The van der Waals surface area contributed by atoms with Crippen molar-refractivity contribution in [1.82, 2.24) is 0 Å². The van der Waals surface area contributed by atoms with Gasteiger partial charge in [0.2, 0.25) is 11.5 Å². The topological polar surface area (TPSA) is 96.9 Å². The molecule has 11 heteroatoms. The largest absolute Gasteiger partial charge is 0.493 e. The maximum absolute atomic E-state index is 14.9. The summed E-state index contributed by atoms with van der Waals surface area (Å²) in [4.78, 5) is 0. The molecular formula is C30H33BrFNO8. The van der Waals surface area contributed by atoms with Crippen molar-refractivity contribution in [3.63, 3.8) is 0 Å². The molecule has 1 unspecified atom stereocenters. The highest BCUT2D eigenvalue weighted by atomic mass is 79.9. The number of hydrogen-bond donors (Lipinski definition) is 2. The number of methoxy groups -OCH3 is 7. The zero-order valence-corrected chi connectivity index (χ0v) is 25.4. The zero-order chi connectivity index (χ0) is 30.1. The van der Waals surface area contributed by atoms with E-state index in [2.05, 4.69) is 21.2 Å². The number of ether oxygens (including phenoxy) is 7. The Labute approximate surface area is 247 Å². The molecule has 0 aromatic heterocycles. The molecule has 0 saturated heterocycles. The Morgan fingerprint density at radius 3 is 1.71 bits per heavy atom. The fraction of sp³-hybridized carbons (Fsp3) is 0.267. The van der Waals surface area contributed by atoms with E-state index in [1.165, 1.54) is 68.1 Å². The van der Waals surface area contributed by atoms with Gasteiger partial charge in [-0.15, -0.1) is 0 Å². The van der Waals surface area contributed by atoms with Gasteiger partial charge in [0.05, 0.1) is 59.9 Å². The summed E-state index contributed by atoms with van der Waals surface area (Å²) in [6.45, 7) is 0. The van der Waals surface area contributed by atoms with Gasteiger partial charge in [-0.25, -0.2) is 4.39 Å². The molecule has 0 saturated carbocycles. The lowest BCUT2D eigenvalue weighted by Crippen LogP contribution is -2.03. The number of nitrogens with one attached hydrogen (secondary N) is 1. The van der Waals surface area contributed by atoms with Crippen LogP contribution in [-0.2, 0) is 0 Å². The maximum Gasteiger partial charge on any atom is 0.204 e. The average molecular weight is 634 g/mol. The van der Waals surface area contributed by atoms with Gasteiger partial charge in [-0.1, -0.05) is 12.2 Å². The summed E-state index contributed by atoms with van der Waals surface area (Å²) in [5.41, 5.74) is 2.13. The van der Waals surface area contributed by atoms with Crippen LogP contribution in [0.3, 0.4) is 0 Å². The normalized spacial score (nSPS) is 11.9. The first-order valence-electron chi connectivity index (χ1n) is 12.2. The SMILES string of the molecule is COc1cc(/C=C\c2cc(F)c(OC)c(N/C=C\C(O)c3cc(OC)c(OC)c(OC)c3Br)c2)cc(OC)c1OC. The van der Waals surface area contributed by atoms with E-state index >= 15 is 0 Å². The standard InChI is InChI=1S/C30H33BrFNO8/c1-35-23-14-18(15-24(36-2)28(23)39-5)9-8-17-12-20(32)27(38-4)21(13-17)33-11-10-22(34)19-16-25(37-3)29(40-6)30(41-7)26(19)31/h8-16,22,33-34H,1-7H3/b9-8-,11-10-. The van der Waals surface area contributed by atoms with Crippen LogP contribution in [0, 0.1) is 5.82 Å². The van der Waals surface area contributed by atoms with Gasteiger partial charge >= 0.3 is 0 Å². The average Bonchev–Trinajstić information content (AvgIpc) is 2.98. The van der Waals surface area contributed by atoms with Crippen LogP contribution in [0.15, 0.2) is 47.1 Å². The van der Waals surface area contributed by atoms with Crippen molar-refractivity contribution in [2.45, 2.75) is 6.10 Å². The summed E-state index contributed by atoms with van der Waals surface area (Å²) < 4.78 is 53.1. The van der Waals surface area contributed by atoms with Crippen LogP contribution >= 0.6 is 15.9 Å². The lowest BCUT2D eigenvalue weighted by Gasteiger charge is -2.18. The van der Waals surface area contributed by atoms with E-state index < -0.39 is 11.9 Å². The number of rotatable bonds is 13. The van der Waals surface area contributed by atoms with Crippen LogP contribution in [-0.4, -0.2) is 54.9 Å². The second kappa shape index (κ2) is 14.5. The van der Waals surface area contributed by atoms with Crippen molar-refractivity contribution in [3.8, 4) is 40.2 Å². The smallest absolute Gasteiger partial charge is 0.204 e. The molecule has 0 fully saturated rings. The van der Waals surface area contributed by atoms with Crippen molar-refractivity contribution in [3.05, 3.63) is 69.6 Å². The van der Waals surface area contributed by atoms with Crippen molar-refractivity contribution < 1.29 is 42.7 Å². The van der Waals surface area contributed by atoms with Crippen LogP contribution in [0.5, 0.6) is 40.2 Å². The van der Waals surface area contributed by atoms with Gasteiger partial charge in [-0.2, -0.15) is 0 Å². The van der Waals surface area contributed by atoms with Gasteiger partial charge in [0.1, 0.15) is 6.10 Å². The van der Waals surface area contributed by atoms with Crippen molar-refractivity contribution >= 4 is 33.8 Å². The van der Waals surface area contributed by atoms with Gasteiger partial charge in [0.15, 0.2) is 34.6 Å². The number of hydrogen-bond acceptors (Lipinski definition) is 9. The highest BCUT2D eigenvalue weighted by Gasteiger charge is 2.22. The lowest BCUT2D eigenvalue weighted by molar-refractivity contribution is 0.225. The van der Waals surface area contributed by atoms with E-state index in [-0.39, 0.29) is 5.75 Å². The predicted molar refractivity (Wildman–Crippen MR) is 159 cm³/mol. The molecule has 9 nitrogen and oxygen atoms in total. The second-order valence-electron chi connectivity index (χ2n) is 8.37. The molecule has 0 aliphatic rings. The highest BCUT2D eigenvalue weighted by molar-refractivity contribution is 9.10. The Morgan fingerprint density at radius 2 is 1.20 bits per heavy atom. The summed E-state index contributed by atoms with van der Waals surface area (Å²) in [5.74, 6) is 2.06. The van der Waals surface area contributed by atoms with Crippen LogP contribution in [0.1, 0.15) is 22.8 Å². The number of benzene rings is 3. The first-order chi connectivity index (χ1) is 19.8. The minimum Gasteiger partial charge on any atom is -0.493 e. The molecule has 3 aromatic rings. The molecule has 0 spiro atoms. The summed E-state index contributed by atoms with van der Waals surface area (Å²) in [7, 11) is 10.4. The van der Waals surface area contributed by atoms with Gasteiger partial charge < -0.3 is 43.6 Å². The van der Waals surface area contributed by atoms with E-state index in [0.717, 1.165) is 5.56 Å². The lowest BCUT2D eigenvalue weighted by atomic mass is 10.1. The Bertz CT molecular complexity index is 1400. The third-order valence-corrected chi connectivity index (χ3v) is 6.88. The fourth-order valence-corrected chi connectivity index (χ4v) is 4.79. The van der Waals surface area contributed by atoms with Gasteiger partial charge in [-0.05, 0) is 63.5 Å². The summed E-state index contributed by atoms with van der Waals surface area (Å²) in [5, 5.41) is 13.9. The molecule has 1 atom stereocenters. The number of aliphatic hydroxyl groups is 1. The van der Waals surface area contributed by atoms with Gasteiger partial charge in [0.25, 0.3) is 0 Å². The third-order valence-electron chi connectivity index (χ3n) is 6.06. The van der Waals surface area contributed by atoms with E-state index in [0.29, 0.717) is 55.8 Å². The molecule has 0 heterocycles. The molecule has 2 N–H and O–H groups in total. The molecule has 220 valence electrons. The Balaban J connectivity index is 1.90. The summed E-state index contributed by atoms with van der Waals surface area (Å²) in [6, 6.07) is 8.26. The highest BCUT2D eigenvalue weighted by Crippen LogP contribution is 2.46. The summed E-state index contributed by atoms with van der Waals surface area (Å²) >= 11 is 3.46. The molecule has 41 heavy (non-hydrogen) atoms. The van der Waals surface area contributed by atoms with Crippen molar-refractivity contribution in [2.24, 2.45) is 0 Å². The quantitative estimate of drug-likeness (QED) is 0.205. The molecule has 0 bridgehead atoms. The second-order valence-corrected chi connectivity index (χ2v) is 9.17. The van der Waals surface area contributed by atoms with E-state index in [4.69, 9.17) is 33.2 Å². The Morgan fingerprint density at radius 1 is 0.683 bits per heavy atom. The van der Waals surface area contributed by atoms with Crippen LogP contribution < -0.4 is 38.5 Å². The predicted octanol–water partition coefficient (Wildman–Crippen LogP) is 6.48. The molecule has 0 amide bonds. The van der Waals surface area contributed by atoms with Crippen LogP contribution in [0.4, 0.5) is 10.1 Å². The Kier molecular flexibility index (Phi) is 11.1. The molecule has 3 aromatic carbocycles. The molecular weight excluding hydrogens is 601 g/mol. The number of anilines is 1. The van der Waals surface area contributed by atoms with E-state index in [1.807, 2.05) is 0 Å². The van der Waals surface area contributed by atoms with Crippen molar-refractivity contribution in [1.29, 1.82) is 0 Å². The molecule has 0 aliphatic heterocycles. The van der Waals surface area contributed by atoms with Crippen LogP contribution in [0.2, 0.25) is 0 Å². The van der Waals surface area contributed by atoms with E-state index in [9.17, 15) is 9.50 Å². The third kappa shape index (κ3) is 6.98. The van der Waals surface area contributed by atoms with Gasteiger partial charge in [-0.3, -0.25) is 0 Å². The fourth-order valence-electron chi connectivity index (χ4n) is 4.10. The molecule has 3 rings (SSSR count). The van der Waals surface area contributed by atoms with E-state index in [1.54, 1.807) is 36.4 Å². The minimum atomic E-state index is -1.08. The molecule has 0 aliphatic carbocycles. The van der Waals surface area contributed by atoms with Crippen LogP contribution in [0.25, 0.3) is 12.2 Å². The number of halogens is 2.